The van der Waals surface area contributed by atoms with Crippen molar-refractivity contribution < 1.29 is 9.53 Å². The van der Waals surface area contributed by atoms with Crippen molar-refractivity contribution >= 4 is 28.3 Å². The Morgan fingerprint density at radius 1 is 1.00 bits per heavy atom. The molecule has 0 unspecified atom stereocenters. The SMILES string of the molecule is O=C(OCc1csc(-c2ccccc2)n1)c1ccc2nccnc2c1. The molecule has 25 heavy (non-hydrogen) atoms. The second-order valence-corrected chi connectivity index (χ2v) is 6.20. The minimum absolute atomic E-state index is 0.140. The molecule has 0 radical (unpaired) electrons. The van der Waals surface area contributed by atoms with Crippen LogP contribution in [0, 0.1) is 0 Å². The van der Waals surface area contributed by atoms with Gasteiger partial charge in [-0.2, -0.15) is 0 Å². The highest BCUT2D eigenvalue weighted by Crippen LogP contribution is 2.23. The van der Waals surface area contributed by atoms with E-state index in [4.69, 9.17) is 4.74 Å². The first kappa shape index (κ1) is 15.4. The fourth-order valence-electron chi connectivity index (χ4n) is 2.40. The number of hydrogen-bond donors (Lipinski definition) is 0. The number of carbonyl (C=O) groups is 1. The highest BCUT2D eigenvalue weighted by atomic mass is 32.1. The Bertz CT molecular complexity index is 1030. The first-order chi connectivity index (χ1) is 12.3. The van der Waals surface area contributed by atoms with E-state index in [0.717, 1.165) is 21.8 Å². The van der Waals surface area contributed by atoms with Crippen molar-refractivity contribution in [3.8, 4) is 10.6 Å². The average molecular weight is 347 g/mol. The Labute approximate surface area is 148 Å². The van der Waals surface area contributed by atoms with E-state index >= 15 is 0 Å². The van der Waals surface area contributed by atoms with Crippen molar-refractivity contribution in [3.05, 3.63) is 77.6 Å². The minimum Gasteiger partial charge on any atom is -0.456 e. The van der Waals surface area contributed by atoms with Gasteiger partial charge in [0.2, 0.25) is 0 Å². The molecular formula is C19H13N3O2S. The van der Waals surface area contributed by atoms with Gasteiger partial charge in [0.15, 0.2) is 0 Å². The fraction of sp³-hybridized carbons (Fsp3) is 0.0526. The van der Waals surface area contributed by atoms with Gasteiger partial charge in [0, 0.05) is 23.3 Å². The molecule has 4 aromatic rings. The molecule has 2 heterocycles. The highest BCUT2D eigenvalue weighted by molar-refractivity contribution is 7.13. The number of carbonyl (C=O) groups excluding carboxylic acids is 1. The van der Waals surface area contributed by atoms with Crippen LogP contribution in [0.25, 0.3) is 21.6 Å². The molecular weight excluding hydrogens is 334 g/mol. The normalized spacial score (nSPS) is 10.7. The lowest BCUT2D eigenvalue weighted by Gasteiger charge is -2.04. The number of hydrogen-bond acceptors (Lipinski definition) is 6. The average Bonchev–Trinajstić information content (AvgIpc) is 3.15. The summed E-state index contributed by atoms with van der Waals surface area (Å²) in [6.07, 6.45) is 3.21. The van der Waals surface area contributed by atoms with E-state index in [0.29, 0.717) is 11.1 Å². The number of aromatic nitrogens is 3. The molecule has 0 amide bonds. The molecule has 0 N–H and O–H groups in total. The number of esters is 1. The zero-order valence-electron chi connectivity index (χ0n) is 13.1. The fourth-order valence-corrected chi connectivity index (χ4v) is 3.21. The van der Waals surface area contributed by atoms with Gasteiger partial charge in [0.25, 0.3) is 0 Å². The highest BCUT2D eigenvalue weighted by Gasteiger charge is 2.11. The molecule has 4 rings (SSSR count). The van der Waals surface area contributed by atoms with Gasteiger partial charge in [-0.15, -0.1) is 11.3 Å². The van der Waals surface area contributed by atoms with Gasteiger partial charge in [0.05, 0.1) is 22.3 Å². The van der Waals surface area contributed by atoms with E-state index in [1.807, 2.05) is 35.7 Å². The van der Waals surface area contributed by atoms with Crippen molar-refractivity contribution in [2.24, 2.45) is 0 Å². The van der Waals surface area contributed by atoms with Crippen molar-refractivity contribution in [2.75, 3.05) is 0 Å². The summed E-state index contributed by atoms with van der Waals surface area (Å²) in [5.41, 5.74) is 3.64. The standard InChI is InChI=1S/C19H13N3O2S/c23-19(14-6-7-16-17(10-14)21-9-8-20-16)24-11-15-12-25-18(22-15)13-4-2-1-3-5-13/h1-10,12H,11H2. The lowest BCUT2D eigenvalue weighted by atomic mass is 10.2. The minimum atomic E-state index is -0.401. The predicted octanol–water partition coefficient (Wildman–Crippen LogP) is 4.11. The molecule has 122 valence electrons. The van der Waals surface area contributed by atoms with E-state index in [9.17, 15) is 4.79 Å². The maximum atomic E-state index is 12.2. The van der Waals surface area contributed by atoms with Gasteiger partial charge >= 0.3 is 5.97 Å². The molecule has 0 aliphatic heterocycles. The molecule has 0 saturated heterocycles. The maximum Gasteiger partial charge on any atom is 0.338 e. The Hall–Kier alpha value is -3.12. The second-order valence-electron chi connectivity index (χ2n) is 5.35. The monoisotopic (exact) mass is 347 g/mol. The number of benzene rings is 2. The Morgan fingerprint density at radius 3 is 2.64 bits per heavy atom. The van der Waals surface area contributed by atoms with Crippen molar-refractivity contribution in [3.63, 3.8) is 0 Å². The van der Waals surface area contributed by atoms with Gasteiger partial charge < -0.3 is 4.74 Å². The van der Waals surface area contributed by atoms with E-state index in [-0.39, 0.29) is 6.61 Å². The molecule has 0 fully saturated rings. The summed E-state index contributed by atoms with van der Waals surface area (Å²) in [5.74, 6) is -0.401. The van der Waals surface area contributed by atoms with Crippen molar-refractivity contribution in [1.82, 2.24) is 15.0 Å². The zero-order valence-corrected chi connectivity index (χ0v) is 13.9. The second kappa shape index (κ2) is 6.78. The number of nitrogens with zero attached hydrogens (tertiary/aromatic N) is 3. The van der Waals surface area contributed by atoms with E-state index < -0.39 is 5.97 Å². The quantitative estimate of drug-likeness (QED) is 0.520. The summed E-state index contributed by atoms with van der Waals surface area (Å²) in [6, 6.07) is 15.0. The number of rotatable bonds is 4. The summed E-state index contributed by atoms with van der Waals surface area (Å²) in [5, 5.41) is 2.81. The number of fused-ring (bicyclic) bond motifs is 1. The van der Waals surface area contributed by atoms with Crippen LogP contribution in [0.1, 0.15) is 16.1 Å². The summed E-state index contributed by atoms with van der Waals surface area (Å²) in [6.45, 7) is 0.140. The third kappa shape index (κ3) is 3.39. The predicted molar refractivity (Wildman–Crippen MR) is 96.2 cm³/mol. The molecule has 0 atom stereocenters. The lowest BCUT2D eigenvalue weighted by molar-refractivity contribution is 0.0468. The van der Waals surface area contributed by atoms with Gasteiger partial charge in [-0.1, -0.05) is 30.3 Å². The number of thiazole rings is 1. The summed E-state index contributed by atoms with van der Waals surface area (Å²) in [4.78, 5) is 25.1. The van der Waals surface area contributed by atoms with Gasteiger partial charge in [-0.05, 0) is 18.2 Å². The molecule has 2 aromatic heterocycles. The topological polar surface area (TPSA) is 65.0 Å². The molecule has 0 bridgehead atoms. The molecule has 0 spiro atoms. The largest absolute Gasteiger partial charge is 0.456 e. The Kier molecular flexibility index (Phi) is 4.18. The third-order valence-electron chi connectivity index (χ3n) is 3.63. The van der Waals surface area contributed by atoms with Gasteiger partial charge in [-0.3, -0.25) is 9.97 Å². The van der Waals surface area contributed by atoms with Crippen LogP contribution in [0.15, 0.2) is 66.3 Å². The van der Waals surface area contributed by atoms with Crippen LogP contribution in [-0.4, -0.2) is 20.9 Å². The molecule has 2 aromatic carbocycles. The Balaban J connectivity index is 1.45. The maximum absolute atomic E-state index is 12.2. The van der Waals surface area contributed by atoms with E-state index in [1.54, 1.807) is 30.6 Å². The summed E-state index contributed by atoms with van der Waals surface area (Å²) < 4.78 is 5.37. The van der Waals surface area contributed by atoms with Crippen LogP contribution < -0.4 is 0 Å². The molecule has 0 saturated carbocycles. The van der Waals surface area contributed by atoms with Crippen LogP contribution in [0.2, 0.25) is 0 Å². The first-order valence-corrected chi connectivity index (χ1v) is 8.55. The Morgan fingerprint density at radius 2 is 1.80 bits per heavy atom. The van der Waals surface area contributed by atoms with E-state index in [2.05, 4.69) is 15.0 Å². The van der Waals surface area contributed by atoms with Crippen LogP contribution >= 0.6 is 11.3 Å². The van der Waals surface area contributed by atoms with Crippen LogP contribution in [0.3, 0.4) is 0 Å². The first-order valence-electron chi connectivity index (χ1n) is 7.67. The van der Waals surface area contributed by atoms with E-state index in [1.165, 1.54) is 11.3 Å². The van der Waals surface area contributed by atoms with Crippen LogP contribution in [0.5, 0.6) is 0 Å². The lowest BCUT2D eigenvalue weighted by Crippen LogP contribution is -2.05. The van der Waals surface area contributed by atoms with Crippen molar-refractivity contribution in [1.29, 1.82) is 0 Å². The third-order valence-corrected chi connectivity index (χ3v) is 4.57. The molecule has 0 aliphatic rings. The summed E-state index contributed by atoms with van der Waals surface area (Å²) in [7, 11) is 0. The molecule has 0 aliphatic carbocycles. The smallest absolute Gasteiger partial charge is 0.338 e. The van der Waals surface area contributed by atoms with Crippen LogP contribution in [0.4, 0.5) is 0 Å². The van der Waals surface area contributed by atoms with Gasteiger partial charge in [0.1, 0.15) is 11.6 Å². The van der Waals surface area contributed by atoms with Crippen molar-refractivity contribution in [2.45, 2.75) is 6.61 Å². The van der Waals surface area contributed by atoms with Crippen LogP contribution in [-0.2, 0) is 11.3 Å². The van der Waals surface area contributed by atoms with Gasteiger partial charge in [-0.25, -0.2) is 9.78 Å². The zero-order chi connectivity index (χ0) is 17.1. The molecule has 6 heteroatoms. The summed E-state index contributed by atoms with van der Waals surface area (Å²) >= 11 is 1.53. The number of ether oxygens (including phenoxy) is 1. The molecule has 5 nitrogen and oxygen atoms in total.